The summed E-state index contributed by atoms with van der Waals surface area (Å²) in [5.74, 6) is -1.16. The smallest absolute Gasteiger partial charge is 0.335 e. The van der Waals surface area contributed by atoms with Crippen LogP contribution < -0.4 is 5.32 Å². The van der Waals surface area contributed by atoms with Crippen LogP contribution in [-0.4, -0.2) is 27.4 Å². The highest BCUT2D eigenvalue weighted by atomic mass is 19.1. The minimum atomic E-state index is -0.925. The third kappa shape index (κ3) is 3.75. The Hall–Kier alpha value is -2.99. The molecule has 27 heavy (non-hydrogen) atoms. The normalized spacial score (nSPS) is 13.4. The molecule has 138 valence electrons. The predicted octanol–water partition coefficient (Wildman–Crippen LogP) is 3.01. The summed E-state index contributed by atoms with van der Waals surface area (Å²) in [4.78, 5) is 11.0. The van der Waals surface area contributed by atoms with Crippen LogP contribution in [0.1, 0.15) is 38.4 Å². The number of carboxylic acids is 1. The molecule has 4 rings (SSSR count). The van der Waals surface area contributed by atoms with Crippen LogP contribution in [-0.2, 0) is 25.9 Å². The number of aromatic carboxylic acids is 1. The molecular formula is C21H20FN3O2. The predicted molar refractivity (Wildman–Crippen MR) is 99.3 cm³/mol. The Balaban J connectivity index is 1.61. The van der Waals surface area contributed by atoms with Crippen molar-refractivity contribution in [2.24, 2.45) is 0 Å². The molecule has 3 aromatic rings. The standard InChI is InChI=1S/C21H20FN3O2/c22-17-7-3-14(4-8-17)11-19-18-12-23-10-9-20(18)25(24-19)13-15-1-5-16(6-2-15)21(26)27/h1-8,23H,9-13H2,(H,26,27). The Morgan fingerprint density at radius 2 is 1.81 bits per heavy atom. The fraction of sp³-hybridized carbons (Fsp3) is 0.238. The lowest BCUT2D eigenvalue weighted by molar-refractivity contribution is 0.0697. The molecule has 0 bridgehead atoms. The van der Waals surface area contributed by atoms with E-state index in [9.17, 15) is 9.18 Å². The van der Waals surface area contributed by atoms with Crippen molar-refractivity contribution in [3.63, 3.8) is 0 Å². The van der Waals surface area contributed by atoms with E-state index in [-0.39, 0.29) is 11.4 Å². The molecule has 0 spiro atoms. The van der Waals surface area contributed by atoms with Gasteiger partial charge in [0.25, 0.3) is 0 Å². The molecule has 1 aliphatic heterocycles. The third-order valence-electron chi connectivity index (χ3n) is 4.91. The molecule has 0 atom stereocenters. The number of rotatable bonds is 5. The zero-order valence-corrected chi connectivity index (χ0v) is 14.8. The highest BCUT2D eigenvalue weighted by Gasteiger charge is 2.20. The van der Waals surface area contributed by atoms with Crippen molar-refractivity contribution in [1.82, 2.24) is 15.1 Å². The maximum absolute atomic E-state index is 13.2. The number of nitrogens with one attached hydrogen (secondary N) is 1. The van der Waals surface area contributed by atoms with Gasteiger partial charge in [0, 0.05) is 37.2 Å². The van der Waals surface area contributed by atoms with Crippen LogP contribution >= 0.6 is 0 Å². The van der Waals surface area contributed by atoms with E-state index in [1.54, 1.807) is 24.3 Å². The Kier molecular flexibility index (Phi) is 4.73. The van der Waals surface area contributed by atoms with Gasteiger partial charge in [-0.2, -0.15) is 5.10 Å². The van der Waals surface area contributed by atoms with Gasteiger partial charge in [0.15, 0.2) is 0 Å². The van der Waals surface area contributed by atoms with Crippen molar-refractivity contribution in [1.29, 1.82) is 0 Å². The van der Waals surface area contributed by atoms with Crippen molar-refractivity contribution in [2.45, 2.75) is 25.9 Å². The van der Waals surface area contributed by atoms with E-state index < -0.39 is 5.97 Å². The molecule has 2 N–H and O–H groups in total. The third-order valence-corrected chi connectivity index (χ3v) is 4.91. The summed E-state index contributed by atoms with van der Waals surface area (Å²) in [5, 5.41) is 17.3. The zero-order chi connectivity index (χ0) is 18.8. The Bertz CT molecular complexity index is 962. The molecule has 2 aromatic carbocycles. The average Bonchev–Trinajstić information content (AvgIpc) is 3.02. The number of halogens is 1. The van der Waals surface area contributed by atoms with Crippen molar-refractivity contribution in [2.75, 3.05) is 6.54 Å². The molecular weight excluding hydrogens is 345 g/mol. The molecule has 5 nitrogen and oxygen atoms in total. The fourth-order valence-corrected chi connectivity index (χ4v) is 3.49. The Morgan fingerprint density at radius 3 is 2.52 bits per heavy atom. The van der Waals surface area contributed by atoms with Crippen LogP contribution in [0.5, 0.6) is 0 Å². The molecule has 0 saturated carbocycles. The minimum absolute atomic E-state index is 0.238. The zero-order valence-electron chi connectivity index (χ0n) is 14.8. The average molecular weight is 365 g/mol. The van der Waals surface area contributed by atoms with Crippen molar-refractivity contribution in [3.05, 3.63) is 88.0 Å². The maximum atomic E-state index is 13.2. The van der Waals surface area contributed by atoms with Crippen LogP contribution in [0.3, 0.4) is 0 Å². The van der Waals surface area contributed by atoms with Gasteiger partial charge in [-0.05, 0) is 35.4 Å². The number of nitrogens with zero attached hydrogens (tertiary/aromatic N) is 2. The first-order valence-corrected chi connectivity index (χ1v) is 8.95. The van der Waals surface area contributed by atoms with Gasteiger partial charge in [0.2, 0.25) is 0 Å². The molecule has 1 aliphatic rings. The summed E-state index contributed by atoms with van der Waals surface area (Å²) >= 11 is 0. The molecule has 6 heteroatoms. The number of aromatic nitrogens is 2. The number of carbonyl (C=O) groups is 1. The largest absolute Gasteiger partial charge is 0.478 e. The van der Waals surface area contributed by atoms with Gasteiger partial charge in [-0.25, -0.2) is 9.18 Å². The summed E-state index contributed by atoms with van der Waals surface area (Å²) in [6.45, 7) is 2.29. The summed E-state index contributed by atoms with van der Waals surface area (Å²) in [7, 11) is 0. The lowest BCUT2D eigenvalue weighted by Gasteiger charge is -2.16. The van der Waals surface area contributed by atoms with Crippen LogP contribution in [0.15, 0.2) is 48.5 Å². The van der Waals surface area contributed by atoms with E-state index in [0.717, 1.165) is 36.3 Å². The first-order chi connectivity index (χ1) is 13.1. The molecule has 1 aromatic heterocycles. The molecule has 0 unspecified atom stereocenters. The van der Waals surface area contributed by atoms with Gasteiger partial charge >= 0.3 is 5.97 Å². The summed E-state index contributed by atoms with van der Waals surface area (Å²) in [6.07, 6.45) is 1.56. The SMILES string of the molecule is O=C(O)c1ccc(Cn2nc(Cc3ccc(F)cc3)c3c2CCNC3)cc1. The van der Waals surface area contributed by atoms with Crippen molar-refractivity contribution in [3.8, 4) is 0 Å². The lowest BCUT2D eigenvalue weighted by atomic mass is 10.0. The molecule has 0 saturated heterocycles. The number of carboxylic acid groups (broad SMARTS) is 1. The number of fused-ring (bicyclic) bond motifs is 1. The highest BCUT2D eigenvalue weighted by molar-refractivity contribution is 5.87. The fourth-order valence-electron chi connectivity index (χ4n) is 3.49. The van der Waals surface area contributed by atoms with Crippen LogP contribution in [0.25, 0.3) is 0 Å². The summed E-state index contributed by atoms with van der Waals surface area (Å²) < 4.78 is 15.2. The lowest BCUT2D eigenvalue weighted by Crippen LogP contribution is -2.25. The first-order valence-electron chi connectivity index (χ1n) is 8.95. The summed E-state index contributed by atoms with van der Waals surface area (Å²) in [6, 6.07) is 13.4. The number of hydrogen-bond acceptors (Lipinski definition) is 3. The van der Waals surface area contributed by atoms with Gasteiger partial charge in [0.05, 0.1) is 17.8 Å². The second kappa shape index (κ2) is 7.32. The van der Waals surface area contributed by atoms with E-state index in [4.69, 9.17) is 10.2 Å². The van der Waals surface area contributed by atoms with Gasteiger partial charge in [0.1, 0.15) is 5.82 Å². The Morgan fingerprint density at radius 1 is 1.11 bits per heavy atom. The first kappa shape index (κ1) is 17.4. The van der Waals surface area contributed by atoms with Gasteiger partial charge < -0.3 is 10.4 Å². The van der Waals surface area contributed by atoms with Gasteiger partial charge in [-0.3, -0.25) is 4.68 Å². The van der Waals surface area contributed by atoms with Crippen LogP contribution in [0.4, 0.5) is 4.39 Å². The second-order valence-corrected chi connectivity index (χ2v) is 6.76. The Labute approximate surface area is 156 Å². The highest BCUT2D eigenvalue weighted by Crippen LogP contribution is 2.22. The molecule has 0 radical (unpaired) electrons. The summed E-state index contributed by atoms with van der Waals surface area (Å²) in [5.41, 5.74) is 5.76. The number of benzene rings is 2. The van der Waals surface area contributed by atoms with Crippen molar-refractivity contribution >= 4 is 5.97 Å². The second-order valence-electron chi connectivity index (χ2n) is 6.76. The van der Waals surface area contributed by atoms with E-state index >= 15 is 0 Å². The van der Waals surface area contributed by atoms with Gasteiger partial charge in [-0.1, -0.05) is 24.3 Å². The van der Waals surface area contributed by atoms with E-state index in [1.165, 1.54) is 23.4 Å². The van der Waals surface area contributed by atoms with Crippen LogP contribution in [0, 0.1) is 5.82 Å². The van der Waals surface area contributed by atoms with E-state index in [0.29, 0.717) is 13.0 Å². The van der Waals surface area contributed by atoms with Crippen molar-refractivity contribution < 1.29 is 14.3 Å². The quantitative estimate of drug-likeness (QED) is 0.729. The van der Waals surface area contributed by atoms with Gasteiger partial charge in [-0.15, -0.1) is 0 Å². The molecule has 0 fully saturated rings. The molecule has 0 amide bonds. The minimum Gasteiger partial charge on any atom is -0.478 e. The van der Waals surface area contributed by atoms with Crippen LogP contribution in [0.2, 0.25) is 0 Å². The topological polar surface area (TPSA) is 67.1 Å². The van der Waals surface area contributed by atoms with E-state index in [2.05, 4.69) is 5.32 Å². The van der Waals surface area contributed by atoms with E-state index in [1.807, 2.05) is 16.8 Å². The maximum Gasteiger partial charge on any atom is 0.335 e. The molecule has 2 heterocycles. The monoisotopic (exact) mass is 365 g/mol. The number of hydrogen-bond donors (Lipinski definition) is 2. The molecule has 0 aliphatic carbocycles.